The number of nitrogens with one attached hydrogen (secondary N) is 1. The number of rotatable bonds is 4. The Morgan fingerprint density at radius 2 is 2.00 bits per heavy atom. The molecule has 0 radical (unpaired) electrons. The van der Waals surface area contributed by atoms with Crippen molar-refractivity contribution in [2.24, 2.45) is 0 Å². The fourth-order valence-corrected chi connectivity index (χ4v) is 2.28. The van der Waals surface area contributed by atoms with Gasteiger partial charge in [-0.25, -0.2) is 0 Å². The van der Waals surface area contributed by atoms with Crippen LogP contribution in [0.4, 0.5) is 0 Å². The van der Waals surface area contributed by atoms with E-state index in [-0.39, 0.29) is 5.91 Å². The van der Waals surface area contributed by atoms with Gasteiger partial charge in [-0.15, -0.1) is 0 Å². The molecular formula is C16H16BrNO2. The van der Waals surface area contributed by atoms with Crippen LogP contribution in [0.5, 0.6) is 5.75 Å². The second kappa shape index (κ2) is 6.57. The molecule has 2 rings (SSSR count). The molecule has 20 heavy (non-hydrogen) atoms. The summed E-state index contributed by atoms with van der Waals surface area (Å²) in [4.78, 5) is 12.2. The second-order valence-corrected chi connectivity index (χ2v) is 5.30. The van der Waals surface area contributed by atoms with Crippen molar-refractivity contribution in [3.63, 3.8) is 0 Å². The largest absolute Gasteiger partial charge is 0.497 e. The number of ether oxygens (including phenoxy) is 1. The molecule has 0 saturated heterocycles. The van der Waals surface area contributed by atoms with Crippen molar-refractivity contribution >= 4 is 21.8 Å². The molecule has 4 heteroatoms. The van der Waals surface area contributed by atoms with Crippen molar-refractivity contribution in [3.8, 4) is 5.75 Å². The number of hydrogen-bond acceptors (Lipinski definition) is 2. The summed E-state index contributed by atoms with van der Waals surface area (Å²) in [6.45, 7) is 2.40. The smallest absolute Gasteiger partial charge is 0.251 e. The molecular weight excluding hydrogens is 318 g/mol. The van der Waals surface area contributed by atoms with Crippen LogP contribution in [0.1, 0.15) is 21.5 Å². The lowest BCUT2D eigenvalue weighted by atomic mass is 10.1. The van der Waals surface area contributed by atoms with Crippen LogP contribution in [0.25, 0.3) is 0 Å². The van der Waals surface area contributed by atoms with Crippen LogP contribution < -0.4 is 10.1 Å². The van der Waals surface area contributed by atoms with Gasteiger partial charge >= 0.3 is 0 Å². The van der Waals surface area contributed by atoms with Crippen molar-refractivity contribution in [1.29, 1.82) is 0 Å². The first-order valence-electron chi connectivity index (χ1n) is 6.28. The highest BCUT2D eigenvalue weighted by Crippen LogP contribution is 2.19. The second-order valence-electron chi connectivity index (χ2n) is 4.45. The number of benzene rings is 2. The quantitative estimate of drug-likeness (QED) is 0.926. The normalized spacial score (nSPS) is 10.2. The highest BCUT2D eigenvalue weighted by atomic mass is 79.9. The zero-order valence-electron chi connectivity index (χ0n) is 11.4. The van der Waals surface area contributed by atoms with E-state index in [4.69, 9.17) is 4.74 Å². The third-order valence-corrected chi connectivity index (χ3v) is 3.96. The fourth-order valence-electron chi connectivity index (χ4n) is 1.91. The molecule has 0 atom stereocenters. The molecule has 1 N–H and O–H groups in total. The van der Waals surface area contributed by atoms with Gasteiger partial charge in [-0.1, -0.05) is 34.1 Å². The van der Waals surface area contributed by atoms with E-state index in [9.17, 15) is 4.79 Å². The van der Waals surface area contributed by atoms with Crippen LogP contribution in [-0.2, 0) is 6.54 Å². The summed E-state index contributed by atoms with van der Waals surface area (Å²) < 4.78 is 6.10. The number of methoxy groups -OCH3 is 1. The van der Waals surface area contributed by atoms with E-state index in [1.807, 2.05) is 49.4 Å². The third-order valence-electron chi connectivity index (χ3n) is 3.10. The summed E-state index contributed by atoms with van der Waals surface area (Å²) in [6, 6.07) is 13.3. The van der Waals surface area contributed by atoms with Gasteiger partial charge in [0.05, 0.1) is 7.11 Å². The lowest BCUT2D eigenvalue weighted by Crippen LogP contribution is -2.23. The van der Waals surface area contributed by atoms with Gasteiger partial charge in [-0.05, 0) is 42.3 Å². The predicted octanol–water partition coefficient (Wildman–Crippen LogP) is 3.70. The summed E-state index contributed by atoms with van der Waals surface area (Å²) in [5, 5.41) is 2.92. The maximum atomic E-state index is 12.2. The highest BCUT2D eigenvalue weighted by molar-refractivity contribution is 9.10. The molecule has 0 aromatic heterocycles. The van der Waals surface area contributed by atoms with Crippen LogP contribution in [0, 0.1) is 6.92 Å². The Morgan fingerprint density at radius 3 is 2.75 bits per heavy atom. The van der Waals surface area contributed by atoms with Gasteiger partial charge < -0.3 is 10.1 Å². The summed E-state index contributed by atoms with van der Waals surface area (Å²) in [7, 11) is 1.63. The number of carbonyl (C=O) groups is 1. The lowest BCUT2D eigenvalue weighted by molar-refractivity contribution is 0.0950. The molecule has 2 aromatic carbocycles. The van der Waals surface area contributed by atoms with Crippen LogP contribution in [0.3, 0.4) is 0 Å². The Balaban J connectivity index is 2.06. The molecule has 0 aliphatic heterocycles. The third kappa shape index (κ3) is 3.39. The van der Waals surface area contributed by atoms with Crippen LogP contribution >= 0.6 is 15.9 Å². The van der Waals surface area contributed by atoms with Gasteiger partial charge in [0.15, 0.2) is 0 Å². The summed E-state index contributed by atoms with van der Waals surface area (Å²) in [6.07, 6.45) is 0. The van der Waals surface area contributed by atoms with Gasteiger partial charge in [0.25, 0.3) is 5.91 Å². The van der Waals surface area contributed by atoms with Crippen molar-refractivity contribution in [1.82, 2.24) is 5.32 Å². The SMILES string of the molecule is COc1cccc(CNC(=O)c2cccc(Br)c2C)c1. The van der Waals surface area contributed by atoms with E-state index in [1.54, 1.807) is 7.11 Å². The topological polar surface area (TPSA) is 38.3 Å². The summed E-state index contributed by atoms with van der Waals surface area (Å²) in [5.74, 6) is 0.710. The van der Waals surface area contributed by atoms with Crippen molar-refractivity contribution in [2.45, 2.75) is 13.5 Å². The zero-order valence-corrected chi connectivity index (χ0v) is 13.0. The van der Waals surface area contributed by atoms with E-state index in [0.29, 0.717) is 12.1 Å². The Hall–Kier alpha value is -1.81. The van der Waals surface area contributed by atoms with Gasteiger partial charge in [-0.2, -0.15) is 0 Å². The standard InChI is InChI=1S/C16H16BrNO2/c1-11-14(7-4-8-15(11)17)16(19)18-10-12-5-3-6-13(9-12)20-2/h3-9H,10H2,1-2H3,(H,18,19). The van der Waals surface area contributed by atoms with Crippen LogP contribution in [0.15, 0.2) is 46.9 Å². The minimum Gasteiger partial charge on any atom is -0.497 e. The predicted molar refractivity (Wildman–Crippen MR) is 83.0 cm³/mol. The highest BCUT2D eigenvalue weighted by Gasteiger charge is 2.10. The first-order valence-corrected chi connectivity index (χ1v) is 7.07. The summed E-state index contributed by atoms with van der Waals surface area (Å²) in [5.41, 5.74) is 2.63. The molecule has 0 spiro atoms. The Labute approximate surface area is 127 Å². The molecule has 1 amide bonds. The maximum absolute atomic E-state index is 12.2. The van der Waals surface area contributed by atoms with Crippen LogP contribution in [-0.4, -0.2) is 13.0 Å². The lowest BCUT2D eigenvalue weighted by Gasteiger charge is -2.09. The molecule has 0 aliphatic carbocycles. The van der Waals surface area contributed by atoms with Gasteiger partial charge in [-0.3, -0.25) is 4.79 Å². The van der Waals surface area contributed by atoms with Gasteiger partial charge in [0, 0.05) is 16.6 Å². The Morgan fingerprint density at radius 1 is 1.25 bits per heavy atom. The average molecular weight is 334 g/mol. The van der Waals surface area contributed by atoms with E-state index >= 15 is 0 Å². The minimum absolute atomic E-state index is 0.0772. The first-order chi connectivity index (χ1) is 9.61. The average Bonchev–Trinajstić information content (AvgIpc) is 2.48. The van der Waals surface area contributed by atoms with Crippen molar-refractivity contribution in [3.05, 3.63) is 63.6 Å². The Kier molecular flexibility index (Phi) is 4.79. The van der Waals surface area contributed by atoms with Crippen molar-refractivity contribution in [2.75, 3.05) is 7.11 Å². The fraction of sp³-hybridized carbons (Fsp3) is 0.188. The molecule has 0 saturated carbocycles. The monoisotopic (exact) mass is 333 g/mol. The number of amides is 1. The zero-order chi connectivity index (χ0) is 14.5. The first kappa shape index (κ1) is 14.6. The Bertz CT molecular complexity index is 626. The molecule has 0 fully saturated rings. The molecule has 3 nitrogen and oxygen atoms in total. The van der Waals surface area contributed by atoms with Crippen molar-refractivity contribution < 1.29 is 9.53 Å². The number of halogens is 1. The molecule has 0 aliphatic rings. The molecule has 0 heterocycles. The molecule has 2 aromatic rings. The van der Waals surface area contributed by atoms with E-state index in [0.717, 1.165) is 21.3 Å². The number of hydrogen-bond donors (Lipinski definition) is 1. The van der Waals surface area contributed by atoms with E-state index in [2.05, 4.69) is 21.2 Å². The van der Waals surface area contributed by atoms with E-state index in [1.165, 1.54) is 0 Å². The van der Waals surface area contributed by atoms with Gasteiger partial charge in [0.1, 0.15) is 5.75 Å². The van der Waals surface area contributed by atoms with Gasteiger partial charge in [0.2, 0.25) is 0 Å². The molecule has 0 bridgehead atoms. The van der Waals surface area contributed by atoms with Crippen LogP contribution in [0.2, 0.25) is 0 Å². The maximum Gasteiger partial charge on any atom is 0.251 e. The number of carbonyl (C=O) groups excluding carboxylic acids is 1. The van der Waals surface area contributed by atoms with E-state index < -0.39 is 0 Å². The molecule has 0 unspecified atom stereocenters. The summed E-state index contributed by atoms with van der Waals surface area (Å²) >= 11 is 3.43. The molecule has 104 valence electrons. The minimum atomic E-state index is -0.0772.